The van der Waals surface area contributed by atoms with Gasteiger partial charge in [0, 0.05) is 40.0 Å². The van der Waals surface area contributed by atoms with Gasteiger partial charge in [-0.15, -0.1) is 0 Å². The van der Waals surface area contributed by atoms with Crippen molar-refractivity contribution >= 4 is 52.8 Å². The molecule has 0 spiro atoms. The summed E-state index contributed by atoms with van der Waals surface area (Å²) in [6.45, 7) is 1.91. The van der Waals surface area contributed by atoms with Crippen molar-refractivity contribution < 1.29 is 14.3 Å². The first-order valence-corrected chi connectivity index (χ1v) is 12.0. The van der Waals surface area contributed by atoms with Gasteiger partial charge >= 0.3 is 5.97 Å². The van der Waals surface area contributed by atoms with Crippen LogP contribution in [0.4, 0.5) is 17.1 Å². The average molecular weight is 521 g/mol. The van der Waals surface area contributed by atoms with Crippen LogP contribution in [0.15, 0.2) is 85.1 Å². The van der Waals surface area contributed by atoms with E-state index in [1.807, 2.05) is 79.7 Å². The van der Waals surface area contributed by atoms with Crippen molar-refractivity contribution in [3.8, 4) is 0 Å². The minimum atomic E-state index is -0.424. The first kappa shape index (κ1) is 26.6. The van der Waals surface area contributed by atoms with E-state index in [-0.39, 0.29) is 11.7 Å². The summed E-state index contributed by atoms with van der Waals surface area (Å²) in [5.74, 6) is -0.179. The Balaban J connectivity index is 1.51. The van der Waals surface area contributed by atoms with E-state index in [1.165, 1.54) is 7.11 Å². The highest BCUT2D eigenvalue weighted by Crippen LogP contribution is 2.30. The first-order chi connectivity index (χ1) is 18.9. The molecule has 6 N–H and O–H groups in total. The van der Waals surface area contributed by atoms with Crippen LogP contribution < -0.4 is 16.0 Å². The molecule has 196 valence electrons. The number of allylic oxidation sites excluding steroid dienone is 1. The van der Waals surface area contributed by atoms with Gasteiger partial charge in [-0.05, 0) is 48.9 Å². The summed E-state index contributed by atoms with van der Waals surface area (Å²) in [7, 11) is 1.33. The maximum absolute atomic E-state index is 11.7. The van der Waals surface area contributed by atoms with E-state index in [9.17, 15) is 9.59 Å². The van der Waals surface area contributed by atoms with Gasteiger partial charge in [-0.1, -0.05) is 48.5 Å². The Labute approximate surface area is 225 Å². The molecule has 0 atom stereocenters. The Bertz CT molecular complexity index is 1560. The molecule has 0 radical (unpaired) electrons. The molecule has 4 rings (SSSR count). The highest BCUT2D eigenvalue weighted by atomic mass is 16.5. The van der Waals surface area contributed by atoms with Gasteiger partial charge in [-0.2, -0.15) is 0 Å². The van der Waals surface area contributed by atoms with Gasteiger partial charge in [0.15, 0.2) is 0 Å². The lowest BCUT2D eigenvalue weighted by molar-refractivity contribution is -0.105. The number of ether oxygens (including phenoxy) is 1. The number of carbonyl (C=O) groups excluding carboxylic acids is 2. The summed E-state index contributed by atoms with van der Waals surface area (Å²) in [5.41, 5.74) is 6.19. The lowest BCUT2D eigenvalue weighted by atomic mass is 10.0. The molecule has 1 heterocycles. The smallest absolute Gasteiger partial charge is 0.339 e. The van der Waals surface area contributed by atoms with Crippen molar-refractivity contribution in [2.45, 2.75) is 6.92 Å². The number of anilines is 3. The SMILES string of the molecule is COC(=O)c1c[nH]c(/C=C(\C)c2ccc(Nc3cccc(C(=N)NC(=N)c4ccccc4)c3)cc2NC=O)c1. The van der Waals surface area contributed by atoms with Crippen molar-refractivity contribution in [3.63, 3.8) is 0 Å². The number of esters is 1. The predicted octanol–water partition coefficient (Wildman–Crippen LogP) is 5.61. The molecule has 0 aliphatic heterocycles. The molecule has 3 aromatic carbocycles. The van der Waals surface area contributed by atoms with E-state index < -0.39 is 5.97 Å². The Morgan fingerprint density at radius 1 is 0.872 bits per heavy atom. The maximum Gasteiger partial charge on any atom is 0.339 e. The van der Waals surface area contributed by atoms with E-state index in [0.29, 0.717) is 28.8 Å². The topological polar surface area (TPSA) is 143 Å². The summed E-state index contributed by atoms with van der Waals surface area (Å²) in [4.78, 5) is 26.1. The van der Waals surface area contributed by atoms with E-state index in [0.717, 1.165) is 28.2 Å². The number of aromatic nitrogens is 1. The van der Waals surface area contributed by atoms with Crippen LogP contribution >= 0.6 is 0 Å². The van der Waals surface area contributed by atoms with Gasteiger partial charge in [0.1, 0.15) is 11.7 Å². The lowest BCUT2D eigenvalue weighted by Crippen LogP contribution is -2.30. The number of rotatable bonds is 9. The Hall–Kier alpha value is -5.44. The molecule has 0 saturated heterocycles. The second kappa shape index (κ2) is 12.2. The molecule has 0 unspecified atom stereocenters. The summed E-state index contributed by atoms with van der Waals surface area (Å²) >= 11 is 0. The number of aromatic amines is 1. The number of hydrogen-bond acceptors (Lipinski definition) is 6. The van der Waals surface area contributed by atoms with Crippen LogP contribution in [0.3, 0.4) is 0 Å². The van der Waals surface area contributed by atoms with Gasteiger partial charge < -0.3 is 25.7 Å². The van der Waals surface area contributed by atoms with Gasteiger partial charge in [-0.25, -0.2) is 4.79 Å². The van der Waals surface area contributed by atoms with Crippen molar-refractivity contribution in [1.29, 1.82) is 10.8 Å². The van der Waals surface area contributed by atoms with Crippen LogP contribution in [0.25, 0.3) is 11.6 Å². The average Bonchev–Trinajstić information content (AvgIpc) is 3.42. The van der Waals surface area contributed by atoms with E-state index in [4.69, 9.17) is 15.6 Å². The molecular formula is C30H28N6O3. The third-order valence-corrected chi connectivity index (χ3v) is 5.91. The third-order valence-electron chi connectivity index (χ3n) is 5.91. The zero-order valence-corrected chi connectivity index (χ0v) is 21.5. The first-order valence-electron chi connectivity index (χ1n) is 12.0. The van der Waals surface area contributed by atoms with E-state index in [2.05, 4.69) is 20.9 Å². The third kappa shape index (κ3) is 6.66. The number of nitrogens with one attached hydrogen (secondary N) is 6. The molecule has 4 aromatic rings. The molecule has 0 saturated carbocycles. The minimum Gasteiger partial charge on any atom is -0.465 e. The number of benzene rings is 3. The second-order valence-electron chi connectivity index (χ2n) is 8.63. The monoisotopic (exact) mass is 520 g/mol. The van der Waals surface area contributed by atoms with E-state index >= 15 is 0 Å². The van der Waals surface area contributed by atoms with Crippen molar-refractivity contribution in [1.82, 2.24) is 10.3 Å². The number of carbonyl (C=O) groups is 2. The molecule has 0 aliphatic rings. The van der Waals surface area contributed by atoms with Crippen molar-refractivity contribution in [2.75, 3.05) is 17.7 Å². The number of amides is 1. The van der Waals surface area contributed by atoms with Crippen LogP contribution in [-0.2, 0) is 9.53 Å². The van der Waals surface area contributed by atoms with Crippen LogP contribution in [0.1, 0.15) is 39.7 Å². The summed E-state index contributed by atoms with van der Waals surface area (Å²) < 4.78 is 4.75. The molecule has 0 bridgehead atoms. The molecule has 1 amide bonds. The molecular weight excluding hydrogens is 492 g/mol. The fraction of sp³-hybridized carbons (Fsp3) is 0.0667. The number of amidine groups is 2. The summed E-state index contributed by atoms with van der Waals surface area (Å²) in [6, 6.07) is 23.8. The molecule has 39 heavy (non-hydrogen) atoms. The standard InChI is InChI=1S/C30H28N6O3/c1-19(13-25-15-22(17-33-25)30(38)39-2)26-12-11-24(16-27(26)34-18-37)35-23-10-6-9-21(14-23)29(32)36-28(31)20-7-4-3-5-8-20/h3-18,33,35H,1-2H3,(H,34,37)(H3,31,32,36)/b19-13+. The minimum absolute atomic E-state index is 0.103. The van der Waals surface area contributed by atoms with Gasteiger partial charge in [-0.3, -0.25) is 15.6 Å². The summed E-state index contributed by atoms with van der Waals surface area (Å²) in [5, 5.41) is 25.5. The van der Waals surface area contributed by atoms with Crippen LogP contribution in [-0.4, -0.2) is 36.1 Å². The normalized spacial score (nSPS) is 10.9. The molecule has 9 nitrogen and oxygen atoms in total. The fourth-order valence-electron chi connectivity index (χ4n) is 3.98. The van der Waals surface area contributed by atoms with Crippen LogP contribution in [0.5, 0.6) is 0 Å². The largest absolute Gasteiger partial charge is 0.465 e. The van der Waals surface area contributed by atoms with Crippen molar-refractivity contribution in [2.24, 2.45) is 0 Å². The van der Waals surface area contributed by atoms with E-state index in [1.54, 1.807) is 18.3 Å². The van der Waals surface area contributed by atoms with Crippen LogP contribution in [0.2, 0.25) is 0 Å². The highest BCUT2D eigenvalue weighted by molar-refractivity contribution is 6.12. The lowest BCUT2D eigenvalue weighted by Gasteiger charge is -2.14. The van der Waals surface area contributed by atoms with Gasteiger partial charge in [0.2, 0.25) is 6.41 Å². The summed E-state index contributed by atoms with van der Waals surface area (Å²) in [6.07, 6.45) is 4.07. The number of hydrogen-bond donors (Lipinski definition) is 6. The zero-order chi connectivity index (χ0) is 27.8. The number of H-pyrrole nitrogens is 1. The Kier molecular flexibility index (Phi) is 8.33. The Morgan fingerprint density at radius 2 is 1.59 bits per heavy atom. The predicted molar refractivity (Wildman–Crippen MR) is 155 cm³/mol. The van der Waals surface area contributed by atoms with Crippen LogP contribution in [0, 0.1) is 10.8 Å². The van der Waals surface area contributed by atoms with Gasteiger partial charge in [0.05, 0.1) is 18.4 Å². The Morgan fingerprint density at radius 3 is 2.33 bits per heavy atom. The molecule has 0 aliphatic carbocycles. The number of methoxy groups -OCH3 is 1. The quantitative estimate of drug-likeness (QED) is 0.0735. The molecule has 9 heteroatoms. The highest BCUT2D eigenvalue weighted by Gasteiger charge is 2.11. The molecule has 0 fully saturated rings. The molecule has 1 aromatic heterocycles. The van der Waals surface area contributed by atoms with Gasteiger partial charge in [0.25, 0.3) is 0 Å². The second-order valence-corrected chi connectivity index (χ2v) is 8.63. The van der Waals surface area contributed by atoms with Crippen molar-refractivity contribution in [3.05, 3.63) is 113 Å². The zero-order valence-electron chi connectivity index (χ0n) is 21.5. The maximum atomic E-state index is 11.7. The fourth-order valence-corrected chi connectivity index (χ4v) is 3.98.